The number of nitrogens with one attached hydrogen (secondary N) is 2. The predicted molar refractivity (Wildman–Crippen MR) is 133 cm³/mol. The molecule has 5 aromatic rings. The number of benzene rings is 2. The molecule has 0 saturated carbocycles. The minimum atomic E-state index is -4.56. The lowest BCUT2D eigenvalue weighted by atomic mass is 10.2. The van der Waals surface area contributed by atoms with Crippen LogP contribution in [0.3, 0.4) is 0 Å². The Morgan fingerprint density at radius 3 is 2.39 bits per heavy atom. The minimum absolute atomic E-state index is 0.0610. The Kier molecular flexibility index (Phi) is 6.53. The monoisotopic (exact) mass is 546 g/mol. The number of rotatable bonds is 7. The molecule has 14 heteroatoms. The molecule has 38 heavy (non-hydrogen) atoms. The van der Waals surface area contributed by atoms with Gasteiger partial charge in [0.15, 0.2) is 11.6 Å². The highest BCUT2D eigenvalue weighted by Crippen LogP contribution is 2.32. The molecule has 0 unspecified atom stereocenters. The van der Waals surface area contributed by atoms with Gasteiger partial charge in [0.25, 0.3) is 0 Å². The van der Waals surface area contributed by atoms with Crippen molar-refractivity contribution in [2.75, 3.05) is 10.6 Å². The number of hydrogen-bond acceptors (Lipinski definition) is 7. The van der Waals surface area contributed by atoms with Crippen LogP contribution in [0.2, 0.25) is 5.02 Å². The normalized spacial score (nSPS) is 11.7. The largest absolute Gasteiger partial charge is 0.433 e. The minimum Gasteiger partial charge on any atom is -0.424 e. The van der Waals surface area contributed by atoms with E-state index in [-0.39, 0.29) is 23.0 Å². The molecule has 0 aliphatic carbocycles. The van der Waals surface area contributed by atoms with E-state index in [1.165, 1.54) is 19.4 Å². The van der Waals surface area contributed by atoms with E-state index in [1.807, 2.05) is 12.1 Å². The molecule has 0 radical (unpaired) electrons. The van der Waals surface area contributed by atoms with Gasteiger partial charge in [-0.05, 0) is 29.8 Å². The first kappa shape index (κ1) is 25.3. The lowest BCUT2D eigenvalue weighted by molar-refractivity contribution is -0.143. The zero-order valence-electron chi connectivity index (χ0n) is 19.9. The van der Waals surface area contributed by atoms with Crippen molar-refractivity contribution in [3.63, 3.8) is 0 Å². The summed E-state index contributed by atoms with van der Waals surface area (Å²) in [7, 11) is 2.89. The van der Waals surface area contributed by atoms with Gasteiger partial charge in [-0.2, -0.15) is 18.3 Å². The number of hydrogen-bond donors (Lipinski definition) is 2. The molecule has 3 heterocycles. The van der Waals surface area contributed by atoms with Crippen LogP contribution < -0.4 is 15.4 Å². The van der Waals surface area contributed by atoms with Crippen LogP contribution >= 0.6 is 11.6 Å². The van der Waals surface area contributed by atoms with Crippen LogP contribution in [0, 0.1) is 5.82 Å². The van der Waals surface area contributed by atoms with Gasteiger partial charge >= 0.3 is 12.2 Å². The Hall–Kier alpha value is -4.39. The molecular weight excluding hydrogens is 528 g/mol. The van der Waals surface area contributed by atoms with Gasteiger partial charge < -0.3 is 19.9 Å². The summed E-state index contributed by atoms with van der Waals surface area (Å²) < 4.78 is 62.0. The smallest absolute Gasteiger partial charge is 0.424 e. The molecule has 0 saturated heterocycles. The van der Waals surface area contributed by atoms with E-state index in [1.54, 1.807) is 29.8 Å². The van der Waals surface area contributed by atoms with E-state index in [0.717, 1.165) is 17.7 Å². The van der Waals surface area contributed by atoms with Crippen molar-refractivity contribution in [3.8, 4) is 11.8 Å². The van der Waals surface area contributed by atoms with Crippen LogP contribution in [0.1, 0.15) is 11.3 Å². The van der Waals surface area contributed by atoms with Crippen LogP contribution in [0.25, 0.3) is 11.0 Å². The number of anilines is 3. The molecule has 0 bridgehead atoms. The zero-order valence-corrected chi connectivity index (χ0v) is 20.6. The zero-order chi connectivity index (χ0) is 27.0. The summed E-state index contributed by atoms with van der Waals surface area (Å²) >= 11 is 5.77. The molecule has 3 aromatic heterocycles. The SMILES string of the molecule is Cn1nc(Nc2cc(F)c3nc(NCc4ccc(Oc5ncc(Cl)cn5)cc4)n(C)c3c2)cc1C(F)(F)F. The van der Waals surface area contributed by atoms with Gasteiger partial charge in [0.2, 0.25) is 5.95 Å². The van der Waals surface area contributed by atoms with Crippen molar-refractivity contribution < 1.29 is 22.3 Å². The number of fused-ring (bicyclic) bond motifs is 1. The van der Waals surface area contributed by atoms with Crippen LogP contribution in [0.15, 0.2) is 54.9 Å². The summed E-state index contributed by atoms with van der Waals surface area (Å²) in [5, 5.41) is 10.1. The lowest BCUT2D eigenvalue weighted by Crippen LogP contribution is -2.11. The van der Waals surface area contributed by atoms with Gasteiger partial charge in [0.05, 0.1) is 22.9 Å². The molecule has 0 amide bonds. The third kappa shape index (κ3) is 5.32. The molecule has 5 rings (SSSR count). The summed E-state index contributed by atoms with van der Waals surface area (Å²) in [4.78, 5) is 12.3. The summed E-state index contributed by atoms with van der Waals surface area (Å²) in [6.45, 7) is 0.385. The quantitative estimate of drug-likeness (QED) is 0.240. The second-order valence-electron chi connectivity index (χ2n) is 8.26. The number of imidazole rings is 1. The van der Waals surface area contributed by atoms with E-state index in [2.05, 4.69) is 30.7 Å². The fourth-order valence-electron chi connectivity index (χ4n) is 3.73. The van der Waals surface area contributed by atoms with Gasteiger partial charge in [-0.1, -0.05) is 23.7 Å². The predicted octanol–water partition coefficient (Wildman–Crippen LogP) is 6.06. The Bertz CT molecular complexity index is 1600. The van der Waals surface area contributed by atoms with Crippen molar-refractivity contribution in [2.45, 2.75) is 12.7 Å². The molecule has 0 aliphatic heterocycles. The Morgan fingerprint density at radius 2 is 1.74 bits per heavy atom. The van der Waals surface area contributed by atoms with Crippen molar-refractivity contribution in [2.24, 2.45) is 14.1 Å². The Balaban J connectivity index is 1.29. The first-order valence-corrected chi connectivity index (χ1v) is 11.5. The van der Waals surface area contributed by atoms with Gasteiger partial charge in [0, 0.05) is 32.4 Å². The highest BCUT2D eigenvalue weighted by molar-refractivity contribution is 6.30. The molecule has 0 fully saturated rings. The van der Waals surface area contributed by atoms with Crippen molar-refractivity contribution >= 4 is 40.1 Å². The molecule has 196 valence electrons. The van der Waals surface area contributed by atoms with Gasteiger partial charge in [0.1, 0.15) is 17.0 Å². The maximum absolute atomic E-state index is 14.8. The average Bonchev–Trinajstić information content (AvgIpc) is 3.40. The third-order valence-corrected chi connectivity index (χ3v) is 5.76. The number of aryl methyl sites for hydroxylation is 2. The molecule has 0 aliphatic rings. The number of halogens is 5. The summed E-state index contributed by atoms with van der Waals surface area (Å²) in [5.74, 6) is 0.250. The Labute approximate surface area is 218 Å². The van der Waals surface area contributed by atoms with Crippen molar-refractivity contribution in [1.29, 1.82) is 0 Å². The van der Waals surface area contributed by atoms with E-state index in [9.17, 15) is 17.6 Å². The second-order valence-corrected chi connectivity index (χ2v) is 8.70. The second kappa shape index (κ2) is 9.82. The number of alkyl halides is 3. The highest BCUT2D eigenvalue weighted by Gasteiger charge is 2.35. The van der Waals surface area contributed by atoms with Gasteiger partial charge in [-0.15, -0.1) is 0 Å². The first-order valence-electron chi connectivity index (χ1n) is 11.1. The van der Waals surface area contributed by atoms with Crippen molar-refractivity contribution in [3.05, 3.63) is 77.0 Å². The standard InChI is InChI=1S/C24H19ClF4N8O/c1-36-18-8-15(33-20-9-19(24(27,28)29)37(2)35-20)7-17(26)21(18)34-22(36)30-10-13-3-5-16(6-4-13)38-23-31-11-14(25)12-32-23/h3-9,11-12H,10H2,1-2H3,(H,30,34)(H,33,35). The maximum atomic E-state index is 14.8. The van der Waals surface area contributed by atoms with Crippen LogP contribution in [-0.4, -0.2) is 29.3 Å². The van der Waals surface area contributed by atoms with E-state index >= 15 is 0 Å². The highest BCUT2D eigenvalue weighted by atomic mass is 35.5. The molecule has 0 atom stereocenters. The van der Waals surface area contributed by atoms with E-state index in [4.69, 9.17) is 16.3 Å². The Morgan fingerprint density at radius 1 is 1.03 bits per heavy atom. The fraction of sp³-hybridized carbons (Fsp3) is 0.167. The van der Waals surface area contributed by atoms with E-state index < -0.39 is 17.7 Å². The van der Waals surface area contributed by atoms with Crippen molar-refractivity contribution in [1.82, 2.24) is 29.3 Å². The maximum Gasteiger partial charge on any atom is 0.433 e. The molecule has 0 spiro atoms. The molecule has 2 aromatic carbocycles. The van der Waals surface area contributed by atoms with Gasteiger partial charge in [-0.3, -0.25) is 4.68 Å². The third-order valence-electron chi connectivity index (χ3n) is 5.56. The lowest BCUT2D eigenvalue weighted by Gasteiger charge is -2.08. The first-order chi connectivity index (χ1) is 18.1. The summed E-state index contributed by atoms with van der Waals surface area (Å²) in [6.07, 6.45) is -1.69. The molecule has 9 nitrogen and oxygen atoms in total. The van der Waals surface area contributed by atoms with Gasteiger partial charge in [-0.25, -0.2) is 19.3 Å². The topological polar surface area (TPSA) is 94.7 Å². The average molecular weight is 547 g/mol. The number of aromatic nitrogens is 6. The summed E-state index contributed by atoms with van der Waals surface area (Å²) in [6, 6.07) is 11.0. The van der Waals surface area contributed by atoms with Crippen LogP contribution in [0.5, 0.6) is 11.8 Å². The van der Waals surface area contributed by atoms with Crippen LogP contribution in [-0.2, 0) is 26.8 Å². The number of nitrogens with zero attached hydrogens (tertiary/aromatic N) is 6. The fourth-order valence-corrected chi connectivity index (χ4v) is 3.83. The molecule has 2 N–H and O–H groups in total. The summed E-state index contributed by atoms with van der Waals surface area (Å²) in [5.41, 5.74) is 0.765. The van der Waals surface area contributed by atoms with Crippen LogP contribution in [0.4, 0.5) is 35.0 Å². The molecular formula is C24H19ClF4N8O. The number of ether oxygens (including phenoxy) is 1. The van der Waals surface area contributed by atoms with E-state index in [0.29, 0.717) is 33.5 Å².